The molecule has 1 amide bonds. The first-order valence-electron chi connectivity index (χ1n) is 10.3. The van der Waals surface area contributed by atoms with E-state index in [2.05, 4.69) is 36.2 Å². The summed E-state index contributed by atoms with van der Waals surface area (Å²) in [5.74, 6) is 0.744. The molecule has 0 radical (unpaired) electrons. The molecule has 1 aliphatic heterocycles. The molecule has 1 atom stereocenters. The standard InChI is InChI=1S/C22H30N4O/c1-16-7-6-13-25(15-16)14-12-23-22(27)21-18-9-5-11-20(18)26(24-21)19-10-4-3-8-17(19)2/h3-4,8,10,16H,5-7,9,11-15H2,1-2H3,(H,23,27). The van der Waals surface area contributed by atoms with E-state index in [-0.39, 0.29) is 5.91 Å². The average Bonchev–Trinajstić information content (AvgIpc) is 3.25. The lowest BCUT2D eigenvalue weighted by Crippen LogP contribution is -2.40. The van der Waals surface area contributed by atoms with E-state index in [9.17, 15) is 4.79 Å². The summed E-state index contributed by atoms with van der Waals surface area (Å²) in [6, 6.07) is 8.25. The Morgan fingerprint density at radius 2 is 2.11 bits per heavy atom. The topological polar surface area (TPSA) is 50.2 Å². The molecular weight excluding hydrogens is 336 g/mol. The van der Waals surface area contributed by atoms with Crippen molar-refractivity contribution < 1.29 is 4.79 Å². The fourth-order valence-electron chi connectivity index (χ4n) is 4.52. The van der Waals surface area contributed by atoms with Crippen molar-refractivity contribution in [3.63, 3.8) is 0 Å². The highest BCUT2D eigenvalue weighted by atomic mass is 16.2. The Kier molecular flexibility index (Phi) is 5.30. The van der Waals surface area contributed by atoms with Crippen LogP contribution in [0.25, 0.3) is 5.69 Å². The number of hydrogen-bond acceptors (Lipinski definition) is 3. The normalized spacial score (nSPS) is 19.9. The summed E-state index contributed by atoms with van der Waals surface area (Å²) >= 11 is 0. The molecule has 0 saturated carbocycles. The highest BCUT2D eigenvalue weighted by molar-refractivity contribution is 5.94. The van der Waals surface area contributed by atoms with E-state index in [0.717, 1.165) is 56.1 Å². The fourth-order valence-corrected chi connectivity index (χ4v) is 4.52. The number of para-hydroxylation sites is 1. The van der Waals surface area contributed by atoms with Crippen LogP contribution in [0.2, 0.25) is 0 Å². The van der Waals surface area contributed by atoms with Crippen LogP contribution < -0.4 is 5.32 Å². The lowest BCUT2D eigenvalue weighted by Gasteiger charge is -2.30. The Morgan fingerprint density at radius 1 is 1.26 bits per heavy atom. The van der Waals surface area contributed by atoms with Crippen molar-refractivity contribution in [2.24, 2.45) is 5.92 Å². The highest BCUT2D eigenvalue weighted by Gasteiger charge is 2.27. The molecule has 4 rings (SSSR count). The van der Waals surface area contributed by atoms with Gasteiger partial charge in [0.1, 0.15) is 0 Å². The summed E-state index contributed by atoms with van der Waals surface area (Å²) in [6.45, 7) is 8.32. The zero-order valence-electron chi connectivity index (χ0n) is 16.5. The second kappa shape index (κ2) is 7.85. The molecule has 0 spiro atoms. The number of fused-ring (bicyclic) bond motifs is 1. The summed E-state index contributed by atoms with van der Waals surface area (Å²) in [5.41, 5.74) is 5.23. The van der Waals surface area contributed by atoms with Gasteiger partial charge in [-0.2, -0.15) is 5.10 Å². The van der Waals surface area contributed by atoms with Crippen LogP contribution in [0.3, 0.4) is 0 Å². The molecule has 5 heteroatoms. The van der Waals surface area contributed by atoms with Crippen molar-refractivity contribution in [1.29, 1.82) is 0 Å². The lowest BCUT2D eigenvalue weighted by molar-refractivity contribution is 0.0937. The molecule has 0 bridgehead atoms. The molecule has 2 aliphatic rings. The number of amides is 1. The SMILES string of the molecule is Cc1ccccc1-n1nc(C(=O)NCCN2CCCC(C)C2)c2c1CCC2. The quantitative estimate of drug-likeness (QED) is 0.884. The molecule has 1 unspecified atom stereocenters. The second-order valence-corrected chi connectivity index (χ2v) is 8.13. The number of carbonyl (C=O) groups is 1. The number of likely N-dealkylation sites (tertiary alicyclic amines) is 1. The minimum absolute atomic E-state index is 0.0226. The Balaban J connectivity index is 1.46. The summed E-state index contributed by atoms with van der Waals surface area (Å²) in [5, 5.41) is 7.85. The van der Waals surface area contributed by atoms with Gasteiger partial charge in [0.25, 0.3) is 5.91 Å². The van der Waals surface area contributed by atoms with Crippen molar-refractivity contribution >= 4 is 5.91 Å². The molecule has 144 valence electrons. The van der Waals surface area contributed by atoms with Gasteiger partial charge in [-0.05, 0) is 63.1 Å². The fraction of sp³-hybridized carbons (Fsp3) is 0.545. The van der Waals surface area contributed by atoms with E-state index in [1.807, 2.05) is 16.8 Å². The van der Waals surface area contributed by atoms with Crippen molar-refractivity contribution in [1.82, 2.24) is 20.0 Å². The van der Waals surface area contributed by atoms with E-state index >= 15 is 0 Å². The molecule has 1 saturated heterocycles. The molecular formula is C22H30N4O. The first-order chi connectivity index (χ1) is 13.1. The summed E-state index contributed by atoms with van der Waals surface area (Å²) in [4.78, 5) is 15.3. The predicted octanol–water partition coefficient (Wildman–Crippen LogP) is 3.13. The van der Waals surface area contributed by atoms with Crippen LogP contribution in [-0.2, 0) is 12.8 Å². The summed E-state index contributed by atoms with van der Waals surface area (Å²) in [7, 11) is 0. The van der Waals surface area contributed by atoms with E-state index in [1.54, 1.807) is 0 Å². The number of benzene rings is 1. The zero-order chi connectivity index (χ0) is 18.8. The molecule has 1 N–H and O–H groups in total. The number of nitrogens with zero attached hydrogens (tertiary/aromatic N) is 3. The van der Waals surface area contributed by atoms with Crippen LogP contribution in [0.5, 0.6) is 0 Å². The van der Waals surface area contributed by atoms with Gasteiger partial charge >= 0.3 is 0 Å². The van der Waals surface area contributed by atoms with E-state index in [0.29, 0.717) is 12.2 Å². The molecule has 2 heterocycles. The molecule has 1 aromatic heterocycles. The minimum Gasteiger partial charge on any atom is -0.349 e. The van der Waals surface area contributed by atoms with Gasteiger partial charge in [-0.1, -0.05) is 25.1 Å². The Hall–Kier alpha value is -2.14. The summed E-state index contributed by atoms with van der Waals surface area (Å²) in [6.07, 6.45) is 5.64. The number of piperidine rings is 1. The largest absolute Gasteiger partial charge is 0.349 e. The maximum absolute atomic E-state index is 12.8. The number of aryl methyl sites for hydroxylation is 1. The van der Waals surface area contributed by atoms with Gasteiger partial charge in [-0.25, -0.2) is 4.68 Å². The van der Waals surface area contributed by atoms with Crippen molar-refractivity contribution in [3.8, 4) is 5.69 Å². The maximum atomic E-state index is 12.8. The number of rotatable bonds is 5. The van der Waals surface area contributed by atoms with Crippen LogP contribution >= 0.6 is 0 Å². The Morgan fingerprint density at radius 3 is 2.93 bits per heavy atom. The number of hydrogen-bond donors (Lipinski definition) is 1. The van der Waals surface area contributed by atoms with Crippen molar-refractivity contribution in [2.45, 2.75) is 46.0 Å². The third kappa shape index (κ3) is 3.79. The number of nitrogens with one attached hydrogen (secondary N) is 1. The Labute approximate surface area is 161 Å². The van der Waals surface area contributed by atoms with Crippen molar-refractivity contribution in [2.75, 3.05) is 26.2 Å². The van der Waals surface area contributed by atoms with Gasteiger partial charge in [0.05, 0.1) is 5.69 Å². The predicted molar refractivity (Wildman–Crippen MR) is 107 cm³/mol. The van der Waals surface area contributed by atoms with Crippen LogP contribution in [-0.4, -0.2) is 46.8 Å². The average molecular weight is 367 g/mol. The van der Waals surface area contributed by atoms with E-state index < -0.39 is 0 Å². The molecule has 1 fully saturated rings. The van der Waals surface area contributed by atoms with Gasteiger partial charge in [-0.15, -0.1) is 0 Å². The zero-order valence-corrected chi connectivity index (χ0v) is 16.5. The molecule has 2 aromatic rings. The second-order valence-electron chi connectivity index (χ2n) is 8.13. The monoisotopic (exact) mass is 366 g/mol. The van der Waals surface area contributed by atoms with E-state index in [4.69, 9.17) is 5.10 Å². The van der Waals surface area contributed by atoms with Crippen LogP contribution in [0.4, 0.5) is 0 Å². The van der Waals surface area contributed by atoms with Gasteiger partial charge in [0.15, 0.2) is 5.69 Å². The maximum Gasteiger partial charge on any atom is 0.272 e. The summed E-state index contributed by atoms with van der Waals surface area (Å²) < 4.78 is 2.00. The number of aromatic nitrogens is 2. The third-order valence-corrected chi connectivity index (χ3v) is 5.94. The smallest absolute Gasteiger partial charge is 0.272 e. The molecule has 1 aliphatic carbocycles. The van der Waals surface area contributed by atoms with Crippen molar-refractivity contribution in [3.05, 3.63) is 46.8 Å². The van der Waals surface area contributed by atoms with Gasteiger partial charge in [0.2, 0.25) is 0 Å². The van der Waals surface area contributed by atoms with Crippen LogP contribution in [0.1, 0.15) is 53.5 Å². The first kappa shape index (κ1) is 18.2. The number of carbonyl (C=O) groups excluding carboxylic acids is 1. The van der Waals surface area contributed by atoms with E-state index in [1.165, 1.54) is 24.1 Å². The minimum atomic E-state index is -0.0226. The van der Waals surface area contributed by atoms with Gasteiger partial charge in [-0.3, -0.25) is 4.79 Å². The van der Waals surface area contributed by atoms with Gasteiger partial charge < -0.3 is 10.2 Å². The molecule has 5 nitrogen and oxygen atoms in total. The molecule has 1 aromatic carbocycles. The third-order valence-electron chi connectivity index (χ3n) is 5.94. The molecule has 27 heavy (non-hydrogen) atoms. The van der Waals surface area contributed by atoms with Gasteiger partial charge in [0, 0.05) is 30.9 Å². The first-order valence-corrected chi connectivity index (χ1v) is 10.3. The Bertz CT molecular complexity index is 826. The van der Waals surface area contributed by atoms with Crippen LogP contribution in [0.15, 0.2) is 24.3 Å². The lowest BCUT2D eigenvalue weighted by atomic mass is 10.0. The highest BCUT2D eigenvalue weighted by Crippen LogP contribution is 2.28. The van der Waals surface area contributed by atoms with Crippen LogP contribution in [0, 0.1) is 12.8 Å².